The number of aromatic nitrogens is 1. The number of fused-ring (bicyclic) bond motifs is 1. The Balaban J connectivity index is 2.52. The van der Waals surface area contributed by atoms with Gasteiger partial charge in [0.05, 0.1) is 5.69 Å². The maximum Gasteiger partial charge on any atom is 0.126 e. The maximum absolute atomic E-state index is 9.47. The van der Waals surface area contributed by atoms with Crippen LogP contribution in [0.1, 0.15) is 17.4 Å². The summed E-state index contributed by atoms with van der Waals surface area (Å²) in [5.74, 6) is 0. The van der Waals surface area contributed by atoms with Gasteiger partial charge in [-0.3, -0.25) is 4.98 Å². The molecule has 0 aromatic carbocycles. The van der Waals surface area contributed by atoms with Gasteiger partial charge in [0.1, 0.15) is 12.2 Å². The molecule has 0 aliphatic heterocycles. The second-order valence-corrected chi connectivity index (χ2v) is 2.77. The van der Waals surface area contributed by atoms with Gasteiger partial charge in [0.15, 0.2) is 0 Å². The molecule has 1 aliphatic rings. The van der Waals surface area contributed by atoms with Gasteiger partial charge in [0.2, 0.25) is 0 Å². The average molecular weight is 163 g/mol. The Bertz CT molecular complexity index is 322. The van der Waals surface area contributed by atoms with Crippen molar-refractivity contribution in [2.75, 3.05) is 0 Å². The maximum atomic E-state index is 9.47. The zero-order chi connectivity index (χ0) is 8.55. The highest BCUT2D eigenvalue weighted by Crippen LogP contribution is 2.25. The highest BCUT2D eigenvalue weighted by atomic mass is 16.3. The zero-order valence-corrected chi connectivity index (χ0v) is 6.38. The number of aliphatic hydroxyl groups excluding tert-OH is 2. The fraction of sp³-hybridized carbons (Fsp3) is 0.222. The van der Waals surface area contributed by atoms with Crippen LogP contribution in [-0.4, -0.2) is 21.3 Å². The van der Waals surface area contributed by atoms with Crippen molar-refractivity contribution < 1.29 is 10.2 Å². The third kappa shape index (κ3) is 1.03. The van der Waals surface area contributed by atoms with Gasteiger partial charge in [0.25, 0.3) is 0 Å². The van der Waals surface area contributed by atoms with Crippen molar-refractivity contribution in [2.45, 2.75) is 12.2 Å². The molecular weight excluding hydrogens is 154 g/mol. The minimum atomic E-state index is -0.883. The summed E-state index contributed by atoms with van der Waals surface area (Å²) in [5, 5.41) is 18.7. The quantitative estimate of drug-likeness (QED) is 0.585. The van der Waals surface area contributed by atoms with Crippen LogP contribution in [0.2, 0.25) is 0 Å². The van der Waals surface area contributed by atoms with E-state index < -0.39 is 12.2 Å². The van der Waals surface area contributed by atoms with Gasteiger partial charge in [-0.25, -0.2) is 0 Å². The molecule has 0 saturated heterocycles. The largest absolute Gasteiger partial charge is 0.386 e. The number of aliphatic hydroxyl groups is 2. The smallest absolute Gasteiger partial charge is 0.126 e. The standard InChI is InChI=1S/C9H9NO2/c11-7-4-3-6-2-1-5-10-8(6)9(7)12/h1-5,7,9,11-12H/t7-,9+/m0/s1. The minimum Gasteiger partial charge on any atom is -0.386 e. The van der Waals surface area contributed by atoms with Gasteiger partial charge in [-0.15, -0.1) is 0 Å². The van der Waals surface area contributed by atoms with Crippen molar-refractivity contribution in [2.24, 2.45) is 0 Å². The van der Waals surface area contributed by atoms with E-state index >= 15 is 0 Å². The van der Waals surface area contributed by atoms with Crippen molar-refractivity contribution in [1.82, 2.24) is 4.98 Å². The number of nitrogens with zero attached hydrogens (tertiary/aromatic N) is 1. The molecule has 1 aromatic rings. The molecule has 1 aromatic heterocycles. The monoisotopic (exact) mass is 163 g/mol. The normalized spacial score (nSPS) is 26.8. The van der Waals surface area contributed by atoms with E-state index in [4.69, 9.17) is 0 Å². The van der Waals surface area contributed by atoms with Gasteiger partial charge in [0, 0.05) is 6.20 Å². The second kappa shape index (κ2) is 2.69. The Kier molecular flexibility index (Phi) is 1.67. The molecule has 0 bridgehead atoms. The molecule has 0 radical (unpaired) electrons. The SMILES string of the molecule is O[C@H]1C=Cc2cccnc2[C@@H]1O. The van der Waals surface area contributed by atoms with E-state index in [9.17, 15) is 10.2 Å². The van der Waals surface area contributed by atoms with E-state index in [2.05, 4.69) is 4.98 Å². The number of hydrogen-bond acceptors (Lipinski definition) is 3. The van der Waals surface area contributed by atoms with Crippen LogP contribution in [0.5, 0.6) is 0 Å². The summed E-state index contributed by atoms with van der Waals surface area (Å²) >= 11 is 0. The Morgan fingerprint density at radius 1 is 1.33 bits per heavy atom. The predicted octanol–water partition coefficient (Wildman–Crippen LogP) is 0.503. The molecule has 3 heteroatoms. The van der Waals surface area contributed by atoms with Crippen molar-refractivity contribution in [3.63, 3.8) is 0 Å². The number of rotatable bonds is 0. The lowest BCUT2D eigenvalue weighted by atomic mass is 9.98. The molecule has 0 amide bonds. The molecule has 1 aliphatic carbocycles. The first-order valence-corrected chi connectivity index (χ1v) is 3.78. The second-order valence-electron chi connectivity index (χ2n) is 2.77. The van der Waals surface area contributed by atoms with Crippen LogP contribution in [0.25, 0.3) is 6.08 Å². The van der Waals surface area contributed by atoms with Crippen LogP contribution in [0.15, 0.2) is 24.4 Å². The first-order valence-electron chi connectivity index (χ1n) is 3.78. The fourth-order valence-corrected chi connectivity index (χ4v) is 1.29. The number of hydrogen-bond donors (Lipinski definition) is 2. The van der Waals surface area contributed by atoms with E-state index in [1.54, 1.807) is 24.4 Å². The summed E-state index contributed by atoms with van der Waals surface area (Å²) in [6, 6.07) is 3.65. The van der Waals surface area contributed by atoms with Crippen molar-refractivity contribution >= 4 is 6.08 Å². The van der Waals surface area contributed by atoms with Gasteiger partial charge in [-0.05, 0) is 11.6 Å². The molecule has 1 heterocycles. The van der Waals surface area contributed by atoms with E-state index in [-0.39, 0.29) is 0 Å². The summed E-state index contributed by atoms with van der Waals surface area (Å²) in [5.41, 5.74) is 1.42. The Labute approximate surface area is 70.0 Å². The van der Waals surface area contributed by atoms with Crippen molar-refractivity contribution in [3.8, 4) is 0 Å². The lowest BCUT2D eigenvalue weighted by Crippen LogP contribution is -2.20. The summed E-state index contributed by atoms with van der Waals surface area (Å²) < 4.78 is 0. The lowest BCUT2D eigenvalue weighted by Gasteiger charge is -2.19. The fourth-order valence-electron chi connectivity index (χ4n) is 1.29. The molecule has 2 rings (SSSR count). The van der Waals surface area contributed by atoms with E-state index in [1.807, 2.05) is 6.07 Å². The molecule has 0 saturated carbocycles. The topological polar surface area (TPSA) is 53.4 Å². The van der Waals surface area contributed by atoms with Gasteiger partial charge in [-0.1, -0.05) is 18.2 Å². The van der Waals surface area contributed by atoms with Crippen LogP contribution >= 0.6 is 0 Å². The molecule has 0 unspecified atom stereocenters. The van der Waals surface area contributed by atoms with E-state index in [0.29, 0.717) is 5.69 Å². The molecule has 3 nitrogen and oxygen atoms in total. The predicted molar refractivity (Wildman–Crippen MR) is 44.2 cm³/mol. The summed E-state index contributed by atoms with van der Waals surface area (Å²) in [4.78, 5) is 3.99. The Morgan fingerprint density at radius 2 is 2.17 bits per heavy atom. The molecular formula is C9H9NO2. The van der Waals surface area contributed by atoms with Gasteiger partial charge in [-0.2, -0.15) is 0 Å². The third-order valence-electron chi connectivity index (χ3n) is 1.95. The van der Waals surface area contributed by atoms with Gasteiger partial charge >= 0.3 is 0 Å². The molecule has 0 spiro atoms. The van der Waals surface area contributed by atoms with E-state index in [1.165, 1.54) is 0 Å². The Morgan fingerprint density at radius 3 is 3.00 bits per heavy atom. The molecule has 2 N–H and O–H groups in total. The number of pyridine rings is 1. The first kappa shape index (κ1) is 7.46. The minimum absolute atomic E-state index is 0.549. The van der Waals surface area contributed by atoms with Crippen LogP contribution in [0.4, 0.5) is 0 Å². The van der Waals surface area contributed by atoms with Crippen LogP contribution in [-0.2, 0) is 0 Å². The summed E-state index contributed by atoms with van der Waals surface area (Å²) in [7, 11) is 0. The van der Waals surface area contributed by atoms with E-state index in [0.717, 1.165) is 5.56 Å². The summed E-state index contributed by atoms with van der Waals surface area (Å²) in [6.45, 7) is 0. The van der Waals surface area contributed by atoms with Crippen molar-refractivity contribution in [1.29, 1.82) is 0 Å². The third-order valence-corrected chi connectivity index (χ3v) is 1.95. The highest BCUT2D eigenvalue weighted by Gasteiger charge is 2.22. The van der Waals surface area contributed by atoms with Crippen molar-refractivity contribution in [3.05, 3.63) is 35.7 Å². The lowest BCUT2D eigenvalue weighted by molar-refractivity contribution is 0.0440. The summed E-state index contributed by atoms with van der Waals surface area (Å²) in [6.07, 6.45) is 3.22. The van der Waals surface area contributed by atoms with Crippen LogP contribution in [0, 0.1) is 0 Å². The molecule has 2 atom stereocenters. The highest BCUT2D eigenvalue weighted by molar-refractivity contribution is 5.55. The zero-order valence-electron chi connectivity index (χ0n) is 6.38. The molecule has 62 valence electrons. The first-order chi connectivity index (χ1) is 5.79. The van der Waals surface area contributed by atoms with Gasteiger partial charge < -0.3 is 10.2 Å². The average Bonchev–Trinajstić information content (AvgIpc) is 2.12. The van der Waals surface area contributed by atoms with Crippen LogP contribution < -0.4 is 0 Å². The Hall–Kier alpha value is -1.19. The molecule has 12 heavy (non-hydrogen) atoms. The molecule has 0 fully saturated rings. The van der Waals surface area contributed by atoms with Crippen LogP contribution in [0.3, 0.4) is 0 Å².